The minimum absolute atomic E-state index is 0.0182. The molecule has 3 heterocycles. The van der Waals surface area contributed by atoms with E-state index in [-0.39, 0.29) is 6.10 Å². The first-order valence-corrected chi connectivity index (χ1v) is 8.53. The number of hydrogen-bond donors (Lipinski definition) is 1. The number of aromatic nitrogens is 2. The van der Waals surface area contributed by atoms with E-state index in [0.717, 1.165) is 49.2 Å². The molecule has 2 aromatic rings. The molecule has 0 bridgehead atoms. The van der Waals surface area contributed by atoms with Gasteiger partial charge in [-0.3, -0.25) is 0 Å². The monoisotopic (exact) mass is 326 g/mol. The number of rotatable bonds is 5. The molecule has 1 saturated heterocycles. The summed E-state index contributed by atoms with van der Waals surface area (Å²) in [6.07, 6.45) is 6.30. The van der Waals surface area contributed by atoms with Crippen molar-refractivity contribution in [1.29, 1.82) is 0 Å². The van der Waals surface area contributed by atoms with Crippen molar-refractivity contribution in [1.82, 2.24) is 15.3 Å². The number of benzene rings is 1. The highest BCUT2D eigenvalue weighted by Crippen LogP contribution is 2.30. The Morgan fingerprint density at radius 3 is 2.62 bits per heavy atom. The van der Waals surface area contributed by atoms with E-state index in [1.165, 1.54) is 12.8 Å². The van der Waals surface area contributed by atoms with Crippen LogP contribution in [0.1, 0.15) is 18.4 Å². The van der Waals surface area contributed by atoms with Crippen LogP contribution < -0.4 is 19.7 Å². The highest BCUT2D eigenvalue weighted by molar-refractivity contribution is 5.40. The summed E-state index contributed by atoms with van der Waals surface area (Å²) >= 11 is 0. The lowest BCUT2D eigenvalue weighted by atomic mass is 10.2. The summed E-state index contributed by atoms with van der Waals surface area (Å²) in [5.41, 5.74) is 1.08. The Hall–Kier alpha value is -2.34. The second-order valence-corrected chi connectivity index (χ2v) is 6.21. The van der Waals surface area contributed by atoms with E-state index in [1.807, 2.05) is 36.7 Å². The minimum atomic E-state index is 0.0182. The molecule has 4 rings (SSSR count). The molecule has 1 fully saturated rings. The number of para-hydroxylation sites is 2. The third kappa shape index (κ3) is 3.43. The van der Waals surface area contributed by atoms with Gasteiger partial charge in [0.25, 0.3) is 0 Å². The lowest BCUT2D eigenvalue weighted by Crippen LogP contribution is -2.38. The predicted octanol–water partition coefficient (Wildman–Crippen LogP) is 2.01. The molecule has 6 nitrogen and oxygen atoms in total. The molecular formula is C18H22N4O2. The van der Waals surface area contributed by atoms with E-state index in [4.69, 9.17) is 9.47 Å². The van der Waals surface area contributed by atoms with Crippen LogP contribution in [0.5, 0.6) is 11.5 Å². The molecule has 2 aliphatic rings. The number of ether oxygens (including phenoxy) is 2. The third-order valence-corrected chi connectivity index (χ3v) is 4.35. The van der Waals surface area contributed by atoms with Crippen LogP contribution in [0.3, 0.4) is 0 Å². The van der Waals surface area contributed by atoms with Gasteiger partial charge in [-0.1, -0.05) is 12.1 Å². The van der Waals surface area contributed by atoms with Crippen molar-refractivity contribution in [2.24, 2.45) is 0 Å². The molecule has 0 spiro atoms. The first-order chi connectivity index (χ1) is 11.9. The van der Waals surface area contributed by atoms with Crippen LogP contribution in [0.15, 0.2) is 36.7 Å². The molecule has 2 aliphatic heterocycles. The quantitative estimate of drug-likeness (QED) is 0.907. The van der Waals surface area contributed by atoms with Crippen LogP contribution in [0.2, 0.25) is 0 Å². The number of hydrogen-bond acceptors (Lipinski definition) is 6. The van der Waals surface area contributed by atoms with Gasteiger partial charge in [-0.15, -0.1) is 0 Å². The van der Waals surface area contributed by atoms with Crippen molar-refractivity contribution < 1.29 is 9.47 Å². The van der Waals surface area contributed by atoms with Crippen molar-refractivity contribution in [3.05, 3.63) is 42.2 Å². The molecule has 1 aromatic carbocycles. The van der Waals surface area contributed by atoms with E-state index in [9.17, 15) is 0 Å². The Morgan fingerprint density at radius 1 is 1.08 bits per heavy atom. The smallest absolute Gasteiger partial charge is 0.225 e. The molecule has 126 valence electrons. The summed E-state index contributed by atoms with van der Waals surface area (Å²) in [6, 6.07) is 7.77. The summed E-state index contributed by atoms with van der Waals surface area (Å²) in [5, 5.41) is 3.39. The predicted molar refractivity (Wildman–Crippen MR) is 91.5 cm³/mol. The zero-order valence-electron chi connectivity index (χ0n) is 13.6. The van der Waals surface area contributed by atoms with Crippen LogP contribution >= 0.6 is 0 Å². The molecule has 0 amide bonds. The molecular weight excluding hydrogens is 304 g/mol. The molecule has 0 unspecified atom stereocenters. The second-order valence-electron chi connectivity index (χ2n) is 6.21. The van der Waals surface area contributed by atoms with Gasteiger partial charge in [-0.05, 0) is 25.0 Å². The first-order valence-electron chi connectivity index (χ1n) is 8.53. The standard InChI is InChI=1S/C18H22N4O2/c1-2-6-17-16(5-1)23-13-15(24-17)12-19-9-14-10-20-18(21-11-14)22-7-3-4-8-22/h1-2,5-6,10-11,15,19H,3-4,7-9,12-13H2/t15-/m1/s1. The number of fused-ring (bicyclic) bond motifs is 1. The van der Waals surface area contributed by atoms with Crippen LogP contribution in [0.4, 0.5) is 5.95 Å². The average Bonchev–Trinajstić information content (AvgIpc) is 3.17. The van der Waals surface area contributed by atoms with Crippen molar-refractivity contribution >= 4 is 5.95 Å². The fraction of sp³-hybridized carbons (Fsp3) is 0.444. The third-order valence-electron chi connectivity index (χ3n) is 4.35. The zero-order chi connectivity index (χ0) is 16.2. The molecule has 6 heteroatoms. The Morgan fingerprint density at radius 2 is 1.83 bits per heavy atom. The lowest BCUT2D eigenvalue weighted by molar-refractivity contribution is 0.0902. The van der Waals surface area contributed by atoms with Gasteiger partial charge in [0.15, 0.2) is 11.5 Å². The van der Waals surface area contributed by atoms with Gasteiger partial charge in [0.05, 0.1) is 0 Å². The SMILES string of the molecule is c1ccc2c(c1)OC[C@@H](CNCc1cnc(N3CCCC3)nc1)O2. The second kappa shape index (κ2) is 7.05. The molecule has 24 heavy (non-hydrogen) atoms. The molecule has 0 aliphatic carbocycles. The van der Waals surface area contributed by atoms with E-state index in [2.05, 4.69) is 20.2 Å². The number of nitrogens with zero attached hydrogens (tertiary/aromatic N) is 3. The molecule has 0 radical (unpaired) electrons. The van der Waals surface area contributed by atoms with Gasteiger partial charge < -0.3 is 19.7 Å². The fourth-order valence-electron chi connectivity index (χ4n) is 3.06. The van der Waals surface area contributed by atoms with Gasteiger partial charge in [-0.2, -0.15) is 0 Å². The fourth-order valence-corrected chi connectivity index (χ4v) is 3.06. The van der Waals surface area contributed by atoms with Crippen molar-refractivity contribution in [2.45, 2.75) is 25.5 Å². The van der Waals surface area contributed by atoms with Crippen molar-refractivity contribution in [3.8, 4) is 11.5 Å². The van der Waals surface area contributed by atoms with Crippen molar-refractivity contribution in [2.75, 3.05) is 31.1 Å². The van der Waals surface area contributed by atoms with E-state index < -0.39 is 0 Å². The number of anilines is 1. The van der Waals surface area contributed by atoms with E-state index in [1.54, 1.807) is 0 Å². The number of nitrogens with one attached hydrogen (secondary N) is 1. The van der Waals surface area contributed by atoms with E-state index >= 15 is 0 Å². The summed E-state index contributed by atoms with van der Waals surface area (Å²) in [4.78, 5) is 11.2. The average molecular weight is 326 g/mol. The van der Waals surface area contributed by atoms with Crippen LogP contribution in [0, 0.1) is 0 Å². The van der Waals surface area contributed by atoms with Crippen molar-refractivity contribution in [3.63, 3.8) is 0 Å². The maximum atomic E-state index is 5.93. The van der Waals surface area contributed by atoms with Gasteiger partial charge >= 0.3 is 0 Å². The Bertz CT molecular complexity index is 671. The summed E-state index contributed by atoms with van der Waals surface area (Å²) < 4.78 is 11.6. The van der Waals surface area contributed by atoms with Gasteiger partial charge in [0, 0.05) is 44.1 Å². The lowest BCUT2D eigenvalue weighted by Gasteiger charge is -2.26. The molecule has 0 saturated carbocycles. The Balaban J connectivity index is 1.25. The molecule has 1 aromatic heterocycles. The topological polar surface area (TPSA) is 59.5 Å². The van der Waals surface area contributed by atoms with Gasteiger partial charge in [-0.25, -0.2) is 9.97 Å². The largest absolute Gasteiger partial charge is 0.486 e. The van der Waals surface area contributed by atoms with Crippen LogP contribution in [-0.4, -0.2) is 42.3 Å². The summed E-state index contributed by atoms with van der Waals surface area (Å²) in [6.45, 7) is 4.15. The van der Waals surface area contributed by atoms with Crippen LogP contribution in [0.25, 0.3) is 0 Å². The van der Waals surface area contributed by atoms with Gasteiger partial charge in [0.1, 0.15) is 12.7 Å². The summed E-state index contributed by atoms with van der Waals surface area (Å²) in [5.74, 6) is 2.48. The molecule has 1 N–H and O–H groups in total. The zero-order valence-corrected chi connectivity index (χ0v) is 13.6. The van der Waals surface area contributed by atoms with Gasteiger partial charge in [0.2, 0.25) is 5.95 Å². The minimum Gasteiger partial charge on any atom is -0.486 e. The van der Waals surface area contributed by atoms with Crippen LogP contribution in [-0.2, 0) is 6.54 Å². The molecule has 1 atom stereocenters. The maximum absolute atomic E-state index is 5.93. The maximum Gasteiger partial charge on any atom is 0.225 e. The first kappa shape index (κ1) is 15.2. The Labute approximate surface area is 141 Å². The normalized spacial score (nSPS) is 19.5. The Kier molecular flexibility index (Phi) is 4.46. The summed E-state index contributed by atoms with van der Waals surface area (Å²) in [7, 11) is 0. The van der Waals surface area contributed by atoms with E-state index in [0.29, 0.717) is 6.61 Å². The highest BCUT2D eigenvalue weighted by atomic mass is 16.6. The highest BCUT2D eigenvalue weighted by Gasteiger charge is 2.20.